The molecule has 1 aromatic rings. The predicted octanol–water partition coefficient (Wildman–Crippen LogP) is 1.12. The maximum atomic E-state index is 12.2. The van der Waals surface area contributed by atoms with E-state index in [0.29, 0.717) is 24.7 Å². The highest BCUT2D eigenvalue weighted by atomic mass is 35.5. The van der Waals surface area contributed by atoms with E-state index in [2.05, 4.69) is 5.32 Å². The van der Waals surface area contributed by atoms with Crippen LogP contribution in [0.5, 0.6) is 0 Å². The van der Waals surface area contributed by atoms with Gasteiger partial charge in [0.2, 0.25) is 0 Å². The number of likely N-dealkylation sites (N-methyl/N-ethyl adjacent to an activating group) is 1. The van der Waals surface area contributed by atoms with Gasteiger partial charge in [-0.3, -0.25) is 9.59 Å². The van der Waals surface area contributed by atoms with Crippen molar-refractivity contribution in [1.82, 2.24) is 15.1 Å². The number of carbonyl (C=O) groups is 2. The van der Waals surface area contributed by atoms with E-state index in [-0.39, 0.29) is 0 Å². The van der Waals surface area contributed by atoms with Crippen LogP contribution >= 0.6 is 11.6 Å². The maximum absolute atomic E-state index is 12.2. The SMILES string of the molecule is CN(Cc1ccccc1Cl)C(=O)C(=O)N1CCCNCC1. The van der Waals surface area contributed by atoms with Crippen LogP contribution in [-0.4, -0.2) is 54.8 Å². The largest absolute Gasteiger partial charge is 0.333 e. The number of amides is 2. The molecule has 1 N–H and O–H groups in total. The van der Waals surface area contributed by atoms with Crippen LogP contribution < -0.4 is 5.32 Å². The highest BCUT2D eigenvalue weighted by molar-refractivity contribution is 6.35. The van der Waals surface area contributed by atoms with E-state index in [0.717, 1.165) is 25.1 Å². The molecule has 6 heteroatoms. The smallest absolute Gasteiger partial charge is 0.312 e. The molecule has 1 heterocycles. The first kappa shape index (κ1) is 15.8. The molecule has 0 spiro atoms. The summed E-state index contributed by atoms with van der Waals surface area (Å²) in [6, 6.07) is 7.33. The molecule has 0 unspecified atom stereocenters. The third-order valence-electron chi connectivity index (χ3n) is 3.52. The van der Waals surface area contributed by atoms with Crippen molar-refractivity contribution in [3.05, 3.63) is 34.9 Å². The van der Waals surface area contributed by atoms with Gasteiger partial charge in [0, 0.05) is 38.2 Å². The van der Waals surface area contributed by atoms with Crippen molar-refractivity contribution in [3.8, 4) is 0 Å². The Morgan fingerprint density at radius 3 is 2.81 bits per heavy atom. The molecule has 0 saturated carbocycles. The van der Waals surface area contributed by atoms with Crippen LogP contribution in [0.3, 0.4) is 0 Å². The molecule has 0 atom stereocenters. The number of halogens is 1. The fraction of sp³-hybridized carbons (Fsp3) is 0.467. The number of carbonyl (C=O) groups excluding carboxylic acids is 2. The van der Waals surface area contributed by atoms with Crippen molar-refractivity contribution >= 4 is 23.4 Å². The fourth-order valence-electron chi connectivity index (χ4n) is 2.30. The highest BCUT2D eigenvalue weighted by Gasteiger charge is 2.25. The molecule has 114 valence electrons. The number of hydrogen-bond acceptors (Lipinski definition) is 3. The lowest BCUT2D eigenvalue weighted by atomic mass is 10.2. The van der Waals surface area contributed by atoms with Crippen LogP contribution in [0.25, 0.3) is 0 Å². The van der Waals surface area contributed by atoms with E-state index in [1.165, 1.54) is 4.90 Å². The quantitative estimate of drug-likeness (QED) is 0.833. The molecule has 0 radical (unpaired) electrons. The molecule has 5 nitrogen and oxygen atoms in total. The summed E-state index contributed by atoms with van der Waals surface area (Å²) in [5.41, 5.74) is 0.834. The Hall–Kier alpha value is -1.59. The number of nitrogens with one attached hydrogen (secondary N) is 1. The molecule has 1 aromatic carbocycles. The van der Waals surface area contributed by atoms with E-state index in [9.17, 15) is 9.59 Å². The molecule has 0 aliphatic carbocycles. The molecule has 2 rings (SSSR count). The molecule has 21 heavy (non-hydrogen) atoms. The van der Waals surface area contributed by atoms with Gasteiger partial charge in [-0.15, -0.1) is 0 Å². The van der Waals surface area contributed by atoms with Crippen LogP contribution in [0, 0.1) is 0 Å². The first-order valence-corrected chi connectivity index (χ1v) is 7.46. The zero-order valence-corrected chi connectivity index (χ0v) is 12.9. The van der Waals surface area contributed by atoms with Gasteiger partial charge in [-0.1, -0.05) is 29.8 Å². The minimum absolute atomic E-state index is 0.330. The Balaban J connectivity index is 1.98. The van der Waals surface area contributed by atoms with Gasteiger partial charge < -0.3 is 15.1 Å². The highest BCUT2D eigenvalue weighted by Crippen LogP contribution is 2.16. The lowest BCUT2D eigenvalue weighted by Gasteiger charge is -2.23. The molecule has 1 saturated heterocycles. The summed E-state index contributed by atoms with van der Waals surface area (Å²) in [7, 11) is 1.62. The first-order chi connectivity index (χ1) is 10.1. The zero-order valence-electron chi connectivity index (χ0n) is 12.1. The van der Waals surface area contributed by atoms with Gasteiger partial charge in [0.1, 0.15) is 0 Å². The number of rotatable bonds is 2. The number of nitrogens with zero attached hydrogens (tertiary/aromatic N) is 2. The molecule has 0 bridgehead atoms. The van der Waals surface area contributed by atoms with Crippen LogP contribution in [0.2, 0.25) is 5.02 Å². The van der Waals surface area contributed by atoms with E-state index in [1.807, 2.05) is 18.2 Å². The predicted molar refractivity (Wildman–Crippen MR) is 82.0 cm³/mol. The van der Waals surface area contributed by atoms with Gasteiger partial charge in [-0.25, -0.2) is 0 Å². The summed E-state index contributed by atoms with van der Waals surface area (Å²) in [4.78, 5) is 27.5. The Morgan fingerprint density at radius 2 is 2.05 bits per heavy atom. The van der Waals surface area contributed by atoms with E-state index >= 15 is 0 Å². The summed E-state index contributed by atoms with van der Waals surface area (Å²) >= 11 is 6.08. The van der Waals surface area contributed by atoms with Crippen molar-refractivity contribution in [2.24, 2.45) is 0 Å². The molecule has 1 aliphatic rings. The van der Waals surface area contributed by atoms with Crippen molar-refractivity contribution < 1.29 is 9.59 Å². The van der Waals surface area contributed by atoms with Crippen molar-refractivity contribution in [2.75, 3.05) is 33.2 Å². The van der Waals surface area contributed by atoms with E-state index < -0.39 is 11.8 Å². The topological polar surface area (TPSA) is 52.7 Å². The molecular formula is C15H20ClN3O2. The van der Waals surface area contributed by atoms with Crippen LogP contribution in [-0.2, 0) is 16.1 Å². The van der Waals surface area contributed by atoms with Gasteiger partial charge in [-0.2, -0.15) is 0 Å². The normalized spacial score (nSPS) is 15.4. The van der Waals surface area contributed by atoms with Crippen molar-refractivity contribution in [2.45, 2.75) is 13.0 Å². The third-order valence-corrected chi connectivity index (χ3v) is 3.89. The van der Waals surface area contributed by atoms with E-state index in [1.54, 1.807) is 18.0 Å². The maximum Gasteiger partial charge on any atom is 0.312 e. The Bertz CT molecular complexity index is 513. The molecule has 2 amide bonds. The Kier molecular flexibility index (Phi) is 5.59. The number of benzene rings is 1. The third kappa shape index (κ3) is 4.19. The zero-order chi connectivity index (χ0) is 15.2. The van der Waals surface area contributed by atoms with Gasteiger partial charge in [0.25, 0.3) is 0 Å². The summed E-state index contributed by atoms with van der Waals surface area (Å²) < 4.78 is 0. The monoisotopic (exact) mass is 309 g/mol. The lowest BCUT2D eigenvalue weighted by Crippen LogP contribution is -2.44. The Labute approximate surface area is 129 Å². The average Bonchev–Trinajstić information content (AvgIpc) is 2.77. The summed E-state index contributed by atoms with van der Waals surface area (Å²) in [5.74, 6) is -0.926. The number of hydrogen-bond donors (Lipinski definition) is 1. The second kappa shape index (κ2) is 7.43. The van der Waals surface area contributed by atoms with Crippen LogP contribution in [0.1, 0.15) is 12.0 Å². The molecule has 1 fully saturated rings. The standard InChI is InChI=1S/C15H20ClN3O2/c1-18(11-12-5-2-3-6-13(12)16)14(20)15(21)19-9-4-7-17-8-10-19/h2-3,5-6,17H,4,7-11H2,1H3. The molecule has 0 aromatic heterocycles. The molecule has 1 aliphatic heterocycles. The average molecular weight is 310 g/mol. The Morgan fingerprint density at radius 1 is 1.29 bits per heavy atom. The minimum atomic E-state index is -0.489. The van der Waals surface area contributed by atoms with Crippen LogP contribution in [0.4, 0.5) is 0 Å². The summed E-state index contributed by atoms with van der Waals surface area (Å²) in [5, 5.41) is 3.81. The second-order valence-corrected chi connectivity index (χ2v) is 5.56. The van der Waals surface area contributed by atoms with Crippen molar-refractivity contribution in [1.29, 1.82) is 0 Å². The van der Waals surface area contributed by atoms with Gasteiger partial charge >= 0.3 is 11.8 Å². The summed E-state index contributed by atoms with van der Waals surface area (Å²) in [6.45, 7) is 3.14. The van der Waals surface area contributed by atoms with Crippen molar-refractivity contribution in [3.63, 3.8) is 0 Å². The van der Waals surface area contributed by atoms with Gasteiger partial charge in [0.15, 0.2) is 0 Å². The minimum Gasteiger partial charge on any atom is -0.333 e. The fourth-order valence-corrected chi connectivity index (χ4v) is 2.50. The van der Waals surface area contributed by atoms with Gasteiger partial charge in [0.05, 0.1) is 0 Å². The first-order valence-electron chi connectivity index (χ1n) is 7.08. The lowest BCUT2D eigenvalue weighted by molar-refractivity contribution is -0.151. The van der Waals surface area contributed by atoms with Crippen LogP contribution in [0.15, 0.2) is 24.3 Å². The molecular weight excluding hydrogens is 290 g/mol. The summed E-state index contributed by atoms with van der Waals surface area (Å²) in [6.07, 6.45) is 0.868. The van der Waals surface area contributed by atoms with Gasteiger partial charge in [-0.05, 0) is 24.6 Å². The second-order valence-electron chi connectivity index (χ2n) is 5.15. The van der Waals surface area contributed by atoms with E-state index in [4.69, 9.17) is 11.6 Å².